The SMILES string of the molecule is O=C1C(O)=C(C/C=C/c2ccccc2)C(c2cccc([N+](=O)[O-])c2)N1c1ccc(I)cc1. The van der Waals surface area contributed by atoms with E-state index in [1.165, 1.54) is 17.0 Å². The number of aliphatic hydroxyl groups is 1. The third-order valence-corrected chi connectivity index (χ3v) is 5.98. The maximum atomic E-state index is 13.1. The molecule has 32 heavy (non-hydrogen) atoms. The van der Waals surface area contributed by atoms with Gasteiger partial charge in [0.25, 0.3) is 11.6 Å². The topological polar surface area (TPSA) is 83.7 Å². The molecule has 0 bridgehead atoms. The highest BCUT2D eigenvalue weighted by Crippen LogP contribution is 2.42. The summed E-state index contributed by atoms with van der Waals surface area (Å²) in [5.74, 6) is -0.844. The van der Waals surface area contributed by atoms with Gasteiger partial charge in [0.1, 0.15) is 0 Å². The number of carbonyl (C=O) groups is 1. The lowest BCUT2D eigenvalue weighted by atomic mass is 9.95. The van der Waals surface area contributed by atoms with Crippen LogP contribution in [0.4, 0.5) is 11.4 Å². The predicted molar refractivity (Wildman–Crippen MR) is 132 cm³/mol. The molecule has 1 unspecified atom stereocenters. The predicted octanol–water partition coefficient (Wildman–Crippen LogP) is 6.20. The number of nitrogens with zero attached hydrogens (tertiary/aromatic N) is 2. The van der Waals surface area contributed by atoms with E-state index in [1.807, 2.05) is 54.6 Å². The Morgan fingerprint density at radius 3 is 2.44 bits per heavy atom. The molecule has 0 radical (unpaired) electrons. The minimum Gasteiger partial charge on any atom is -0.503 e. The quantitative estimate of drug-likeness (QED) is 0.230. The van der Waals surface area contributed by atoms with Gasteiger partial charge in [0, 0.05) is 27.0 Å². The van der Waals surface area contributed by atoms with E-state index in [9.17, 15) is 20.0 Å². The van der Waals surface area contributed by atoms with E-state index >= 15 is 0 Å². The Bertz CT molecular complexity index is 1220. The van der Waals surface area contributed by atoms with Crippen molar-refractivity contribution in [1.29, 1.82) is 0 Å². The van der Waals surface area contributed by atoms with Crippen molar-refractivity contribution in [2.24, 2.45) is 0 Å². The van der Waals surface area contributed by atoms with Crippen LogP contribution in [0.2, 0.25) is 0 Å². The number of nitro benzene ring substituents is 1. The van der Waals surface area contributed by atoms with Crippen molar-refractivity contribution in [3.8, 4) is 0 Å². The fourth-order valence-electron chi connectivity index (χ4n) is 3.78. The van der Waals surface area contributed by atoms with Crippen LogP contribution in [0.25, 0.3) is 6.08 Å². The molecule has 1 aliphatic rings. The van der Waals surface area contributed by atoms with Crippen LogP contribution in [0.3, 0.4) is 0 Å². The first kappa shape index (κ1) is 21.8. The number of benzene rings is 3. The van der Waals surface area contributed by atoms with Crippen molar-refractivity contribution < 1.29 is 14.8 Å². The number of aliphatic hydroxyl groups excluding tert-OH is 1. The van der Waals surface area contributed by atoms with E-state index in [0.717, 1.165) is 9.13 Å². The number of rotatable bonds is 6. The molecule has 1 N–H and O–H groups in total. The zero-order valence-electron chi connectivity index (χ0n) is 16.9. The van der Waals surface area contributed by atoms with Crippen LogP contribution in [-0.4, -0.2) is 15.9 Å². The van der Waals surface area contributed by atoms with Crippen LogP contribution in [-0.2, 0) is 4.79 Å². The fourth-order valence-corrected chi connectivity index (χ4v) is 4.13. The van der Waals surface area contributed by atoms with Gasteiger partial charge in [-0.05, 0) is 64.4 Å². The van der Waals surface area contributed by atoms with Crippen molar-refractivity contribution in [3.05, 3.63) is 121 Å². The molecule has 1 amide bonds. The standard InChI is InChI=1S/C25H19IN2O4/c26-19-12-14-20(15-13-19)27-23(18-9-5-10-21(16-18)28(31)32)22(24(29)25(27)30)11-4-8-17-6-2-1-3-7-17/h1-10,12-16,23,29H,11H2/b8-4+. The largest absolute Gasteiger partial charge is 0.503 e. The monoisotopic (exact) mass is 538 g/mol. The Kier molecular flexibility index (Phi) is 6.36. The van der Waals surface area contributed by atoms with Gasteiger partial charge in [-0.2, -0.15) is 0 Å². The second kappa shape index (κ2) is 9.35. The van der Waals surface area contributed by atoms with E-state index in [4.69, 9.17) is 0 Å². The summed E-state index contributed by atoms with van der Waals surface area (Å²) < 4.78 is 1.01. The molecule has 7 heteroatoms. The van der Waals surface area contributed by atoms with Gasteiger partial charge in [-0.3, -0.25) is 19.8 Å². The minimum atomic E-state index is -0.650. The van der Waals surface area contributed by atoms with Crippen molar-refractivity contribution in [1.82, 2.24) is 0 Å². The van der Waals surface area contributed by atoms with Crippen LogP contribution in [0.15, 0.2) is 96.3 Å². The normalized spacial score (nSPS) is 16.2. The summed E-state index contributed by atoms with van der Waals surface area (Å²) in [5.41, 5.74) is 2.61. The third-order valence-electron chi connectivity index (χ3n) is 5.26. The maximum absolute atomic E-state index is 13.1. The van der Waals surface area contributed by atoms with Gasteiger partial charge in [0.05, 0.1) is 11.0 Å². The van der Waals surface area contributed by atoms with Crippen LogP contribution < -0.4 is 4.90 Å². The molecule has 3 aromatic rings. The minimum absolute atomic E-state index is 0.0666. The van der Waals surface area contributed by atoms with Gasteiger partial charge < -0.3 is 5.11 Å². The van der Waals surface area contributed by atoms with E-state index in [0.29, 0.717) is 23.2 Å². The molecule has 0 aromatic heterocycles. The third kappa shape index (κ3) is 4.43. The zero-order chi connectivity index (χ0) is 22.7. The summed E-state index contributed by atoms with van der Waals surface area (Å²) in [6.07, 6.45) is 4.12. The molecule has 160 valence electrons. The number of nitro groups is 1. The number of non-ortho nitro benzene ring substituents is 1. The molecule has 0 fully saturated rings. The molecule has 4 rings (SSSR count). The van der Waals surface area contributed by atoms with Crippen LogP contribution >= 0.6 is 22.6 Å². The van der Waals surface area contributed by atoms with E-state index in [2.05, 4.69) is 22.6 Å². The summed E-state index contributed by atoms with van der Waals surface area (Å²) >= 11 is 2.18. The highest BCUT2D eigenvalue weighted by atomic mass is 127. The number of hydrogen-bond donors (Lipinski definition) is 1. The Balaban J connectivity index is 1.76. The van der Waals surface area contributed by atoms with E-state index in [1.54, 1.807) is 24.3 Å². The lowest BCUT2D eigenvalue weighted by Crippen LogP contribution is -2.30. The number of amides is 1. The molecule has 0 aliphatic carbocycles. The Morgan fingerprint density at radius 2 is 1.75 bits per heavy atom. The first-order chi connectivity index (χ1) is 15.5. The Labute approximate surface area is 198 Å². The molecule has 0 saturated heterocycles. The van der Waals surface area contributed by atoms with Gasteiger partial charge in [0.15, 0.2) is 5.76 Å². The van der Waals surface area contributed by atoms with Gasteiger partial charge in [-0.15, -0.1) is 0 Å². The van der Waals surface area contributed by atoms with Gasteiger partial charge in [-0.25, -0.2) is 0 Å². The number of halogens is 1. The summed E-state index contributed by atoms with van der Waals surface area (Å²) in [5, 5.41) is 22.1. The molecule has 1 aliphatic heterocycles. The number of carbonyl (C=O) groups excluding carboxylic acids is 1. The van der Waals surface area contributed by atoms with E-state index < -0.39 is 16.9 Å². The van der Waals surface area contributed by atoms with Crippen LogP contribution in [0.1, 0.15) is 23.6 Å². The molecule has 1 atom stereocenters. The van der Waals surface area contributed by atoms with Crippen LogP contribution in [0, 0.1) is 13.7 Å². The Morgan fingerprint density at radius 1 is 1.03 bits per heavy atom. The second-order valence-electron chi connectivity index (χ2n) is 7.30. The summed E-state index contributed by atoms with van der Waals surface area (Å²) in [6.45, 7) is 0. The lowest BCUT2D eigenvalue weighted by Gasteiger charge is -2.27. The number of allylic oxidation sites excluding steroid dienone is 1. The zero-order valence-corrected chi connectivity index (χ0v) is 19.0. The number of hydrogen-bond acceptors (Lipinski definition) is 4. The molecular weight excluding hydrogens is 519 g/mol. The fraction of sp³-hybridized carbons (Fsp3) is 0.0800. The van der Waals surface area contributed by atoms with Gasteiger partial charge >= 0.3 is 0 Å². The molecular formula is C25H19IN2O4. The summed E-state index contributed by atoms with van der Waals surface area (Å²) in [4.78, 5) is 25.5. The van der Waals surface area contributed by atoms with Crippen molar-refractivity contribution >= 4 is 45.9 Å². The van der Waals surface area contributed by atoms with Gasteiger partial charge in [0.2, 0.25) is 0 Å². The molecule has 0 spiro atoms. The summed E-state index contributed by atoms with van der Waals surface area (Å²) in [6, 6.07) is 22.6. The summed E-state index contributed by atoms with van der Waals surface area (Å²) in [7, 11) is 0. The second-order valence-corrected chi connectivity index (χ2v) is 8.54. The average molecular weight is 538 g/mol. The van der Waals surface area contributed by atoms with Crippen molar-refractivity contribution in [3.63, 3.8) is 0 Å². The van der Waals surface area contributed by atoms with Crippen molar-refractivity contribution in [2.45, 2.75) is 12.5 Å². The molecule has 1 heterocycles. The lowest BCUT2D eigenvalue weighted by molar-refractivity contribution is -0.384. The van der Waals surface area contributed by atoms with E-state index in [-0.39, 0.29) is 11.4 Å². The van der Waals surface area contributed by atoms with Gasteiger partial charge in [-0.1, -0.05) is 54.6 Å². The first-order valence-corrected chi connectivity index (χ1v) is 11.0. The van der Waals surface area contributed by atoms with Crippen molar-refractivity contribution in [2.75, 3.05) is 4.90 Å². The molecule has 0 saturated carbocycles. The van der Waals surface area contributed by atoms with Crippen LogP contribution in [0.5, 0.6) is 0 Å². The Hall–Kier alpha value is -3.46. The molecule has 3 aromatic carbocycles. The smallest absolute Gasteiger partial charge is 0.293 e. The average Bonchev–Trinajstić information content (AvgIpc) is 3.05. The maximum Gasteiger partial charge on any atom is 0.293 e. The first-order valence-electron chi connectivity index (χ1n) is 9.93. The highest BCUT2D eigenvalue weighted by molar-refractivity contribution is 14.1. The highest BCUT2D eigenvalue weighted by Gasteiger charge is 2.41. The molecule has 6 nitrogen and oxygen atoms in total. The number of anilines is 1.